The van der Waals surface area contributed by atoms with Crippen LogP contribution in [0.5, 0.6) is 0 Å². The molecule has 1 saturated heterocycles. The fourth-order valence-corrected chi connectivity index (χ4v) is 3.20. The van der Waals surface area contributed by atoms with Crippen molar-refractivity contribution >= 4 is 11.6 Å². The summed E-state index contributed by atoms with van der Waals surface area (Å²) in [6.07, 6.45) is 0.989. The van der Waals surface area contributed by atoms with Gasteiger partial charge in [-0.1, -0.05) is 29.8 Å². The van der Waals surface area contributed by atoms with E-state index in [1.807, 2.05) is 24.3 Å². The molecule has 1 heterocycles. The van der Waals surface area contributed by atoms with Gasteiger partial charge in [0.05, 0.1) is 6.54 Å². The molecule has 2 aromatic carbocycles. The summed E-state index contributed by atoms with van der Waals surface area (Å²) in [5, 5.41) is 3.00. The van der Waals surface area contributed by atoms with E-state index in [9.17, 15) is 9.18 Å². The first-order valence-corrected chi connectivity index (χ1v) is 9.15. The van der Waals surface area contributed by atoms with Crippen molar-refractivity contribution in [1.82, 2.24) is 10.2 Å². The molecule has 0 aliphatic carbocycles. The summed E-state index contributed by atoms with van der Waals surface area (Å²) in [6, 6.07) is 14.8. The fraction of sp³-hybridized carbons (Fsp3) is 0.381. The Balaban J connectivity index is 1.45. The lowest BCUT2D eigenvalue weighted by molar-refractivity contribution is -0.122. The summed E-state index contributed by atoms with van der Waals surface area (Å²) in [5.74, 6) is -0.156. The lowest BCUT2D eigenvalue weighted by Crippen LogP contribution is -2.39. The zero-order valence-corrected chi connectivity index (χ0v) is 15.2. The number of hydrogen-bond acceptors (Lipinski definition) is 3. The number of amides is 1. The van der Waals surface area contributed by atoms with Crippen LogP contribution in [0.1, 0.15) is 17.5 Å². The topological polar surface area (TPSA) is 35.6 Å². The molecule has 1 fully saturated rings. The molecule has 26 heavy (non-hydrogen) atoms. The third-order valence-corrected chi connectivity index (χ3v) is 4.76. The highest BCUT2D eigenvalue weighted by atomic mass is 19.1. The Bertz CT molecular complexity index is 715. The number of anilines is 1. The molecule has 1 aliphatic heterocycles. The molecule has 0 unspecified atom stereocenters. The number of carbonyl (C=O) groups excluding carboxylic acids is 1. The van der Waals surface area contributed by atoms with Crippen LogP contribution in [0.15, 0.2) is 48.5 Å². The van der Waals surface area contributed by atoms with Gasteiger partial charge in [-0.3, -0.25) is 9.69 Å². The third-order valence-electron chi connectivity index (χ3n) is 4.76. The molecule has 1 aliphatic rings. The van der Waals surface area contributed by atoms with Gasteiger partial charge in [-0.15, -0.1) is 0 Å². The minimum atomic E-state index is -0.213. The standard InChI is InChI=1S/C21H26FN3O/c1-17-3-5-18(6-4-17)15-23-21(26)16-24-11-2-12-25(14-13-24)20-9-7-19(22)8-10-20/h3-10H,2,11-16H2,1H3,(H,23,26). The summed E-state index contributed by atoms with van der Waals surface area (Å²) in [6.45, 7) is 6.53. The maximum absolute atomic E-state index is 13.1. The van der Waals surface area contributed by atoms with Crippen molar-refractivity contribution in [3.05, 3.63) is 65.5 Å². The van der Waals surface area contributed by atoms with Crippen molar-refractivity contribution in [2.24, 2.45) is 0 Å². The first-order valence-electron chi connectivity index (χ1n) is 9.15. The molecule has 138 valence electrons. The van der Waals surface area contributed by atoms with Crippen molar-refractivity contribution in [2.75, 3.05) is 37.6 Å². The molecule has 4 nitrogen and oxygen atoms in total. The lowest BCUT2D eigenvalue weighted by Gasteiger charge is -2.23. The maximum Gasteiger partial charge on any atom is 0.234 e. The number of rotatable bonds is 5. The van der Waals surface area contributed by atoms with Crippen LogP contribution < -0.4 is 10.2 Å². The van der Waals surface area contributed by atoms with E-state index in [1.54, 1.807) is 0 Å². The molecule has 1 N–H and O–H groups in total. The van der Waals surface area contributed by atoms with Gasteiger partial charge in [0.1, 0.15) is 5.82 Å². The van der Waals surface area contributed by atoms with Crippen LogP contribution in [0.4, 0.5) is 10.1 Å². The molecule has 5 heteroatoms. The van der Waals surface area contributed by atoms with E-state index in [2.05, 4.69) is 34.2 Å². The summed E-state index contributed by atoms with van der Waals surface area (Å²) >= 11 is 0. The van der Waals surface area contributed by atoms with E-state index in [0.29, 0.717) is 13.1 Å². The lowest BCUT2D eigenvalue weighted by atomic mass is 10.1. The number of aryl methyl sites for hydroxylation is 1. The maximum atomic E-state index is 13.1. The first kappa shape index (κ1) is 18.4. The third kappa shape index (κ3) is 5.30. The number of benzene rings is 2. The van der Waals surface area contributed by atoms with Crippen molar-refractivity contribution in [3.63, 3.8) is 0 Å². The van der Waals surface area contributed by atoms with Gasteiger partial charge in [-0.05, 0) is 43.2 Å². The van der Waals surface area contributed by atoms with Crippen LogP contribution in [0.25, 0.3) is 0 Å². The van der Waals surface area contributed by atoms with Gasteiger partial charge < -0.3 is 10.2 Å². The van der Waals surface area contributed by atoms with Crippen LogP contribution in [-0.4, -0.2) is 43.5 Å². The Hall–Kier alpha value is -2.40. The number of carbonyl (C=O) groups is 1. The van der Waals surface area contributed by atoms with Crippen LogP contribution in [-0.2, 0) is 11.3 Å². The van der Waals surface area contributed by atoms with Gasteiger partial charge >= 0.3 is 0 Å². The van der Waals surface area contributed by atoms with Gasteiger partial charge in [0, 0.05) is 38.4 Å². The smallest absolute Gasteiger partial charge is 0.234 e. The molecule has 0 spiro atoms. The van der Waals surface area contributed by atoms with Gasteiger partial charge in [-0.25, -0.2) is 4.39 Å². The quantitative estimate of drug-likeness (QED) is 0.896. The highest BCUT2D eigenvalue weighted by Crippen LogP contribution is 2.17. The zero-order valence-electron chi connectivity index (χ0n) is 15.2. The SMILES string of the molecule is Cc1ccc(CNC(=O)CN2CCCN(c3ccc(F)cc3)CC2)cc1. The van der Waals surface area contributed by atoms with Gasteiger partial charge in [-0.2, -0.15) is 0 Å². The molecular formula is C21H26FN3O. The van der Waals surface area contributed by atoms with E-state index in [4.69, 9.17) is 0 Å². The van der Waals surface area contributed by atoms with Crippen LogP contribution >= 0.6 is 0 Å². The second kappa shape index (κ2) is 8.81. The Kier molecular flexibility index (Phi) is 6.23. The zero-order chi connectivity index (χ0) is 18.4. The van der Waals surface area contributed by atoms with Crippen LogP contribution in [0.3, 0.4) is 0 Å². The van der Waals surface area contributed by atoms with Gasteiger partial charge in [0.2, 0.25) is 5.91 Å². The predicted molar refractivity (Wildman–Crippen MR) is 103 cm³/mol. The van der Waals surface area contributed by atoms with E-state index >= 15 is 0 Å². The van der Waals surface area contributed by atoms with E-state index < -0.39 is 0 Å². The molecule has 2 aromatic rings. The first-order chi connectivity index (χ1) is 12.6. The van der Waals surface area contributed by atoms with Crippen molar-refractivity contribution in [3.8, 4) is 0 Å². The number of nitrogens with zero attached hydrogens (tertiary/aromatic N) is 2. The van der Waals surface area contributed by atoms with Crippen LogP contribution in [0.2, 0.25) is 0 Å². The summed E-state index contributed by atoms with van der Waals surface area (Å²) in [4.78, 5) is 16.7. The molecular weight excluding hydrogens is 329 g/mol. The Labute approximate surface area is 154 Å². The second-order valence-electron chi connectivity index (χ2n) is 6.86. The normalized spacial score (nSPS) is 15.5. The second-order valence-corrected chi connectivity index (χ2v) is 6.86. The minimum absolute atomic E-state index is 0.0563. The highest BCUT2D eigenvalue weighted by Gasteiger charge is 2.17. The van der Waals surface area contributed by atoms with Crippen molar-refractivity contribution in [2.45, 2.75) is 19.9 Å². The van der Waals surface area contributed by atoms with E-state index in [0.717, 1.165) is 43.9 Å². The molecule has 1 amide bonds. The fourth-order valence-electron chi connectivity index (χ4n) is 3.20. The molecule has 0 atom stereocenters. The Morgan fingerprint density at radius 1 is 1.00 bits per heavy atom. The van der Waals surface area contributed by atoms with Gasteiger partial charge in [0.25, 0.3) is 0 Å². The molecule has 0 bridgehead atoms. The number of nitrogens with one attached hydrogen (secondary N) is 1. The summed E-state index contributed by atoms with van der Waals surface area (Å²) in [7, 11) is 0. The van der Waals surface area contributed by atoms with E-state index in [1.165, 1.54) is 17.7 Å². The Morgan fingerprint density at radius 2 is 1.73 bits per heavy atom. The summed E-state index contributed by atoms with van der Waals surface area (Å²) in [5.41, 5.74) is 3.37. The molecule has 0 saturated carbocycles. The van der Waals surface area contributed by atoms with Crippen molar-refractivity contribution < 1.29 is 9.18 Å². The minimum Gasteiger partial charge on any atom is -0.370 e. The van der Waals surface area contributed by atoms with Crippen LogP contribution in [0, 0.1) is 12.7 Å². The number of hydrogen-bond donors (Lipinski definition) is 1. The molecule has 3 rings (SSSR count). The number of halogens is 1. The largest absolute Gasteiger partial charge is 0.370 e. The molecule has 0 radical (unpaired) electrons. The predicted octanol–water partition coefficient (Wildman–Crippen LogP) is 2.96. The average Bonchev–Trinajstić information content (AvgIpc) is 2.87. The highest BCUT2D eigenvalue weighted by molar-refractivity contribution is 5.78. The van der Waals surface area contributed by atoms with E-state index in [-0.39, 0.29) is 11.7 Å². The average molecular weight is 355 g/mol. The Morgan fingerprint density at radius 3 is 2.46 bits per heavy atom. The summed E-state index contributed by atoms with van der Waals surface area (Å²) < 4.78 is 13.1. The molecule has 0 aromatic heterocycles. The van der Waals surface area contributed by atoms with Crippen molar-refractivity contribution in [1.29, 1.82) is 0 Å². The van der Waals surface area contributed by atoms with Gasteiger partial charge in [0.15, 0.2) is 0 Å². The monoisotopic (exact) mass is 355 g/mol.